The van der Waals surface area contributed by atoms with Gasteiger partial charge < -0.3 is 24.4 Å². The molecular weight excluding hydrogens is 402 g/mol. The summed E-state index contributed by atoms with van der Waals surface area (Å²) in [6.07, 6.45) is 2.12. The molecule has 2 aromatic heterocycles. The number of phenols is 1. The summed E-state index contributed by atoms with van der Waals surface area (Å²) >= 11 is 1.43. The molecule has 0 spiro atoms. The minimum absolute atomic E-state index is 0.103. The lowest BCUT2D eigenvalue weighted by Gasteiger charge is -2.29. The summed E-state index contributed by atoms with van der Waals surface area (Å²) in [5, 5.41) is 23.2. The number of fused-ring (bicyclic) bond motifs is 1. The van der Waals surface area contributed by atoms with Crippen LogP contribution in [0.15, 0.2) is 26.9 Å². The third-order valence-corrected chi connectivity index (χ3v) is 6.99. The first-order valence-electron chi connectivity index (χ1n) is 10.5. The summed E-state index contributed by atoms with van der Waals surface area (Å²) in [7, 11) is 0. The molecular formula is C22H29N3O4S+2. The molecule has 30 heavy (non-hydrogen) atoms. The second kappa shape index (κ2) is 8.85. The highest BCUT2D eigenvalue weighted by atomic mass is 32.1. The van der Waals surface area contributed by atoms with Crippen LogP contribution in [0.5, 0.6) is 5.75 Å². The maximum atomic E-state index is 13.3. The number of aryl methyl sites for hydroxylation is 2. The van der Waals surface area contributed by atoms with E-state index in [0.29, 0.717) is 40.1 Å². The van der Waals surface area contributed by atoms with Gasteiger partial charge in [0.1, 0.15) is 61.9 Å². The summed E-state index contributed by atoms with van der Waals surface area (Å²) < 4.78 is 5.96. The molecule has 0 amide bonds. The number of aromatic nitrogens is 1. The van der Waals surface area contributed by atoms with Gasteiger partial charge in [-0.2, -0.15) is 0 Å². The van der Waals surface area contributed by atoms with Gasteiger partial charge in [0.2, 0.25) is 5.43 Å². The van der Waals surface area contributed by atoms with Crippen LogP contribution in [0.25, 0.3) is 21.5 Å². The number of aliphatic hydroxyl groups is 1. The molecule has 7 nitrogen and oxygen atoms in total. The molecule has 0 saturated carbocycles. The van der Waals surface area contributed by atoms with Gasteiger partial charge in [-0.25, -0.2) is 4.98 Å². The Morgan fingerprint density at radius 3 is 2.60 bits per heavy atom. The highest BCUT2D eigenvalue weighted by molar-refractivity contribution is 7.13. The van der Waals surface area contributed by atoms with Gasteiger partial charge in [-0.15, -0.1) is 11.3 Å². The van der Waals surface area contributed by atoms with Crippen molar-refractivity contribution in [3.63, 3.8) is 0 Å². The lowest BCUT2D eigenvalue weighted by Crippen LogP contribution is -3.27. The molecule has 3 heterocycles. The first-order chi connectivity index (χ1) is 14.5. The topological polar surface area (TPSA) is 92.4 Å². The summed E-state index contributed by atoms with van der Waals surface area (Å²) in [6, 6.07) is 1.77. The fourth-order valence-corrected chi connectivity index (χ4v) is 5.04. The van der Waals surface area contributed by atoms with E-state index in [0.717, 1.165) is 44.0 Å². The van der Waals surface area contributed by atoms with E-state index in [2.05, 4.69) is 4.98 Å². The molecule has 4 rings (SSSR count). The monoisotopic (exact) mass is 431 g/mol. The smallest absolute Gasteiger partial charge is 0.202 e. The fourth-order valence-electron chi connectivity index (χ4n) is 4.24. The van der Waals surface area contributed by atoms with E-state index in [-0.39, 0.29) is 17.8 Å². The van der Waals surface area contributed by atoms with Crippen molar-refractivity contribution < 1.29 is 24.4 Å². The van der Waals surface area contributed by atoms with Crippen LogP contribution in [0.3, 0.4) is 0 Å². The van der Waals surface area contributed by atoms with Crippen LogP contribution in [-0.4, -0.2) is 54.5 Å². The highest BCUT2D eigenvalue weighted by Crippen LogP contribution is 2.32. The van der Waals surface area contributed by atoms with Crippen molar-refractivity contribution >= 4 is 22.3 Å². The number of nitrogens with one attached hydrogen (secondary N) is 2. The summed E-state index contributed by atoms with van der Waals surface area (Å²) in [6.45, 7) is 9.35. The molecule has 1 fully saturated rings. The van der Waals surface area contributed by atoms with E-state index in [1.807, 2.05) is 19.2 Å². The van der Waals surface area contributed by atoms with Crippen LogP contribution in [0.4, 0.5) is 0 Å². The molecule has 0 bridgehead atoms. The Hall–Kier alpha value is -2.26. The molecule has 1 aromatic carbocycles. The quantitative estimate of drug-likeness (QED) is 0.433. The second-order valence-electron chi connectivity index (χ2n) is 8.02. The number of phenolic OH excluding ortho intramolecular Hbond substituents is 1. The second-order valence-corrected chi connectivity index (χ2v) is 8.87. The zero-order chi connectivity index (χ0) is 21.3. The molecule has 1 saturated heterocycles. The number of benzene rings is 1. The molecule has 0 radical (unpaired) electrons. The van der Waals surface area contributed by atoms with Gasteiger partial charge in [-0.3, -0.25) is 4.79 Å². The van der Waals surface area contributed by atoms with E-state index in [9.17, 15) is 9.90 Å². The fraction of sp³-hybridized carbons (Fsp3) is 0.455. The van der Waals surface area contributed by atoms with E-state index < -0.39 is 0 Å². The number of quaternary nitrogens is 2. The zero-order valence-corrected chi connectivity index (χ0v) is 18.3. The van der Waals surface area contributed by atoms with Crippen LogP contribution >= 0.6 is 11.3 Å². The van der Waals surface area contributed by atoms with E-state index >= 15 is 0 Å². The Kier molecular flexibility index (Phi) is 6.19. The number of hydrogen-bond acceptors (Lipinski definition) is 6. The van der Waals surface area contributed by atoms with Crippen LogP contribution in [0.1, 0.15) is 23.7 Å². The standard InChI is InChI=1S/C22H27N3O4S/c1-3-15-10-16-20(28)18(22-23-14(2)13-30-22)12-29-21(16)17(19(15)27)11-25-6-4-24(5-7-25)8-9-26/h10,12-13,26-27H,3-9,11H2,1-2H3/p+2. The Bertz CT molecular complexity index is 1100. The van der Waals surface area contributed by atoms with Gasteiger partial charge in [0, 0.05) is 11.1 Å². The summed E-state index contributed by atoms with van der Waals surface area (Å²) in [4.78, 5) is 20.5. The average Bonchev–Trinajstić information content (AvgIpc) is 3.17. The molecule has 0 unspecified atom stereocenters. The van der Waals surface area contributed by atoms with Gasteiger partial charge >= 0.3 is 0 Å². The highest BCUT2D eigenvalue weighted by Gasteiger charge is 2.26. The van der Waals surface area contributed by atoms with E-state index in [1.165, 1.54) is 27.4 Å². The van der Waals surface area contributed by atoms with Crippen LogP contribution < -0.4 is 15.2 Å². The van der Waals surface area contributed by atoms with Gasteiger partial charge in [-0.1, -0.05) is 6.92 Å². The van der Waals surface area contributed by atoms with Crippen molar-refractivity contribution in [2.45, 2.75) is 26.8 Å². The first kappa shape index (κ1) is 21.0. The molecule has 3 aromatic rings. The van der Waals surface area contributed by atoms with Crippen molar-refractivity contribution in [3.8, 4) is 16.3 Å². The minimum Gasteiger partial charge on any atom is -0.507 e. The predicted octanol–water partition coefficient (Wildman–Crippen LogP) is -0.231. The Labute approximate surface area is 179 Å². The molecule has 0 atom stereocenters. The van der Waals surface area contributed by atoms with Crippen LogP contribution in [0.2, 0.25) is 0 Å². The predicted molar refractivity (Wildman–Crippen MR) is 116 cm³/mol. The van der Waals surface area contributed by atoms with Crippen molar-refractivity contribution in [1.82, 2.24) is 4.98 Å². The maximum Gasteiger partial charge on any atom is 0.202 e. The van der Waals surface area contributed by atoms with Crippen molar-refractivity contribution in [1.29, 1.82) is 0 Å². The Balaban J connectivity index is 1.73. The summed E-state index contributed by atoms with van der Waals surface area (Å²) in [5.74, 6) is 0.239. The third-order valence-electron chi connectivity index (χ3n) is 6.00. The van der Waals surface area contributed by atoms with Gasteiger partial charge in [-0.05, 0) is 25.0 Å². The zero-order valence-electron chi connectivity index (χ0n) is 17.5. The molecule has 4 N–H and O–H groups in total. The van der Waals surface area contributed by atoms with Crippen LogP contribution in [0, 0.1) is 6.92 Å². The van der Waals surface area contributed by atoms with Gasteiger partial charge in [0.25, 0.3) is 0 Å². The summed E-state index contributed by atoms with van der Waals surface area (Å²) in [5.41, 5.74) is 3.19. The molecule has 160 valence electrons. The number of thiazole rings is 1. The van der Waals surface area contributed by atoms with Crippen molar-refractivity contribution in [2.24, 2.45) is 0 Å². The number of hydrogen-bond donors (Lipinski definition) is 4. The maximum absolute atomic E-state index is 13.3. The Morgan fingerprint density at radius 2 is 1.97 bits per heavy atom. The number of aromatic hydroxyl groups is 1. The van der Waals surface area contributed by atoms with Gasteiger partial charge in [0.05, 0.1) is 23.1 Å². The third kappa shape index (κ3) is 4.00. The van der Waals surface area contributed by atoms with Crippen molar-refractivity contribution in [3.05, 3.63) is 44.8 Å². The SMILES string of the molecule is CCc1cc2c(=O)c(-c3nc(C)cs3)coc2c(C[NH+]2CC[NH+](CCO)CC2)c1O. The number of piperazine rings is 1. The normalized spacial score (nSPS) is 19.4. The van der Waals surface area contributed by atoms with Gasteiger partial charge in [0.15, 0.2) is 0 Å². The van der Waals surface area contributed by atoms with Crippen molar-refractivity contribution in [2.75, 3.05) is 39.3 Å². The van der Waals surface area contributed by atoms with E-state index in [4.69, 9.17) is 9.52 Å². The molecule has 1 aliphatic rings. The van der Waals surface area contributed by atoms with Crippen LogP contribution in [-0.2, 0) is 13.0 Å². The number of nitrogens with zero attached hydrogens (tertiary/aromatic N) is 1. The first-order valence-corrected chi connectivity index (χ1v) is 11.4. The minimum atomic E-state index is -0.103. The molecule has 0 aliphatic carbocycles. The number of rotatable bonds is 6. The number of aliphatic hydroxyl groups excluding tert-OH is 1. The Morgan fingerprint density at radius 1 is 1.23 bits per heavy atom. The molecule has 1 aliphatic heterocycles. The molecule has 8 heteroatoms. The lowest BCUT2D eigenvalue weighted by atomic mass is 10.0. The lowest BCUT2D eigenvalue weighted by molar-refractivity contribution is -1.02. The van der Waals surface area contributed by atoms with E-state index in [1.54, 1.807) is 6.07 Å². The largest absolute Gasteiger partial charge is 0.507 e. The average molecular weight is 432 g/mol.